The summed E-state index contributed by atoms with van der Waals surface area (Å²) in [4.78, 5) is 22.6. The van der Waals surface area contributed by atoms with Gasteiger partial charge in [0, 0.05) is 25.2 Å². The maximum absolute atomic E-state index is 14.2. The van der Waals surface area contributed by atoms with Crippen LogP contribution in [0.4, 0.5) is 10.2 Å². The molecule has 2 heterocycles. The van der Waals surface area contributed by atoms with Gasteiger partial charge in [-0.15, -0.1) is 0 Å². The Kier molecular flexibility index (Phi) is 4.93. The Balaban J connectivity index is 1.48. The number of carbonyl (C=O) groups excluding carboxylic acids is 1. The molecule has 2 aromatic carbocycles. The molecule has 1 aliphatic rings. The minimum Gasteiger partial charge on any atom is -0.378 e. The van der Waals surface area contributed by atoms with Crippen LogP contribution in [-0.2, 0) is 11.3 Å². The van der Waals surface area contributed by atoms with Crippen LogP contribution in [0.5, 0.6) is 0 Å². The highest BCUT2D eigenvalue weighted by molar-refractivity contribution is 5.94. The van der Waals surface area contributed by atoms with E-state index < -0.39 is 5.95 Å². The number of amides is 1. The number of halogens is 1. The largest absolute Gasteiger partial charge is 0.378 e. The fourth-order valence-corrected chi connectivity index (χ4v) is 3.04. The molecule has 1 fully saturated rings. The lowest BCUT2D eigenvalue weighted by atomic mass is 10.1. The van der Waals surface area contributed by atoms with Crippen molar-refractivity contribution in [2.75, 3.05) is 31.6 Å². The molecule has 1 saturated heterocycles. The molecule has 4 rings (SSSR count). The first-order valence-corrected chi connectivity index (χ1v) is 8.83. The molecule has 0 aliphatic carbocycles. The molecule has 0 atom stereocenters. The maximum atomic E-state index is 14.2. The lowest BCUT2D eigenvalue weighted by molar-refractivity contribution is 0.0303. The fourth-order valence-electron chi connectivity index (χ4n) is 3.04. The second-order valence-electron chi connectivity index (χ2n) is 6.31. The van der Waals surface area contributed by atoms with E-state index in [-0.39, 0.29) is 11.7 Å². The fraction of sp³-hybridized carbons (Fsp3) is 0.250. The van der Waals surface area contributed by atoms with Crippen molar-refractivity contribution >= 4 is 22.8 Å². The number of carbonyl (C=O) groups is 1. The van der Waals surface area contributed by atoms with Gasteiger partial charge >= 0.3 is 0 Å². The van der Waals surface area contributed by atoms with Gasteiger partial charge in [-0.1, -0.05) is 24.3 Å². The summed E-state index contributed by atoms with van der Waals surface area (Å²) in [6.07, 6.45) is 0. The molecule has 1 aromatic heterocycles. The number of ether oxygens (including phenoxy) is 1. The third-order valence-electron chi connectivity index (χ3n) is 4.46. The molecule has 6 nitrogen and oxygen atoms in total. The second-order valence-corrected chi connectivity index (χ2v) is 6.31. The van der Waals surface area contributed by atoms with Gasteiger partial charge in [-0.25, -0.2) is 9.97 Å². The molecule has 0 saturated carbocycles. The van der Waals surface area contributed by atoms with Crippen LogP contribution in [0.25, 0.3) is 11.0 Å². The predicted molar refractivity (Wildman–Crippen MR) is 100.0 cm³/mol. The highest BCUT2D eigenvalue weighted by Gasteiger charge is 2.18. The molecule has 1 N–H and O–H groups in total. The summed E-state index contributed by atoms with van der Waals surface area (Å²) in [7, 11) is 0. The molecule has 0 unspecified atom stereocenters. The number of hydrogen-bond donors (Lipinski definition) is 1. The van der Waals surface area contributed by atoms with E-state index in [4.69, 9.17) is 4.74 Å². The van der Waals surface area contributed by atoms with Gasteiger partial charge in [-0.05, 0) is 29.8 Å². The summed E-state index contributed by atoms with van der Waals surface area (Å²) in [5.74, 6) is -0.565. The quantitative estimate of drug-likeness (QED) is 0.769. The van der Waals surface area contributed by atoms with E-state index >= 15 is 0 Å². The first-order valence-electron chi connectivity index (χ1n) is 8.83. The number of aromatic nitrogens is 2. The predicted octanol–water partition coefficient (Wildman–Crippen LogP) is 2.85. The Morgan fingerprint density at radius 3 is 2.59 bits per heavy atom. The Hall–Kier alpha value is -3.06. The molecule has 1 aliphatic heterocycles. The lowest BCUT2D eigenvalue weighted by Crippen LogP contribution is -2.40. The van der Waals surface area contributed by atoms with Crippen LogP contribution in [0.2, 0.25) is 0 Å². The molecular weight excluding hydrogens is 347 g/mol. The summed E-state index contributed by atoms with van der Waals surface area (Å²) in [5.41, 5.74) is 2.61. The SMILES string of the molecule is O=C(c1cccc(CNc2nc3ccccc3nc2F)c1)N1CCOCC1. The number of nitrogens with zero attached hydrogens (tertiary/aromatic N) is 3. The number of nitrogens with one attached hydrogen (secondary N) is 1. The van der Waals surface area contributed by atoms with Gasteiger partial charge < -0.3 is 15.0 Å². The van der Waals surface area contributed by atoms with Crippen molar-refractivity contribution in [1.29, 1.82) is 0 Å². The maximum Gasteiger partial charge on any atom is 0.256 e. The standard InChI is InChI=1S/C20H19FN4O2/c21-18-19(24-17-7-2-1-6-16(17)23-18)22-13-14-4-3-5-15(12-14)20(26)25-8-10-27-11-9-25/h1-7,12H,8-11,13H2,(H,22,24). The van der Waals surface area contributed by atoms with E-state index in [0.717, 1.165) is 5.56 Å². The zero-order valence-electron chi connectivity index (χ0n) is 14.7. The van der Waals surface area contributed by atoms with Gasteiger partial charge in [0.1, 0.15) is 0 Å². The summed E-state index contributed by atoms with van der Waals surface area (Å²) in [5, 5.41) is 2.97. The van der Waals surface area contributed by atoms with Crippen molar-refractivity contribution in [2.24, 2.45) is 0 Å². The van der Waals surface area contributed by atoms with Crippen molar-refractivity contribution in [3.63, 3.8) is 0 Å². The van der Waals surface area contributed by atoms with Crippen molar-refractivity contribution in [1.82, 2.24) is 14.9 Å². The topological polar surface area (TPSA) is 67.4 Å². The molecular formula is C20H19FN4O2. The normalized spacial score (nSPS) is 14.3. The van der Waals surface area contributed by atoms with Crippen molar-refractivity contribution in [2.45, 2.75) is 6.54 Å². The number of hydrogen-bond acceptors (Lipinski definition) is 5. The summed E-state index contributed by atoms with van der Waals surface area (Å²) in [6, 6.07) is 14.4. The molecule has 27 heavy (non-hydrogen) atoms. The number of benzene rings is 2. The van der Waals surface area contributed by atoms with Crippen molar-refractivity contribution in [3.8, 4) is 0 Å². The average Bonchev–Trinajstić information content (AvgIpc) is 2.72. The van der Waals surface area contributed by atoms with E-state index in [1.807, 2.05) is 24.3 Å². The van der Waals surface area contributed by atoms with Crippen LogP contribution in [0, 0.1) is 5.95 Å². The van der Waals surface area contributed by atoms with Gasteiger partial charge in [0.15, 0.2) is 5.82 Å². The molecule has 0 spiro atoms. The van der Waals surface area contributed by atoms with Gasteiger partial charge in [0.05, 0.1) is 24.2 Å². The van der Waals surface area contributed by atoms with Crippen LogP contribution >= 0.6 is 0 Å². The second kappa shape index (κ2) is 7.67. The van der Waals surface area contributed by atoms with E-state index in [2.05, 4.69) is 15.3 Å². The molecule has 0 radical (unpaired) electrons. The minimum absolute atomic E-state index is 0.0168. The molecule has 1 amide bonds. The molecule has 7 heteroatoms. The first kappa shape index (κ1) is 17.4. The van der Waals surface area contributed by atoms with E-state index in [1.165, 1.54) is 0 Å². The van der Waals surface area contributed by atoms with Gasteiger partial charge in [0.25, 0.3) is 11.9 Å². The number of fused-ring (bicyclic) bond motifs is 1. The van der Waals surface area contributed by atoms with Crippen molar-refractivity contribution in [3.05, 3.63) is 65.6 Å². The highest BCUT2D eigenvalue weighted by Crippen LogP contribution is 2.17. The lowest BCUT2D eigenvalue weighted by Gasteiger charge is -2.27. The van der Waals surface area contributed by atoms with Crippen LogP contribution < -0.4 is 5.32 Å². The average molecular weight is 366 g/mol. The zero-order valence-corrected chi connectivity index (χ0v) is 14.7. The number of rotatable bonds is 4. The Bertz CT molecular complexity index is 973. The third kappa shape index (κ3) is 3.88. The molecule has 3 aromatic rings. The minimum atomic E-state index is -0.644. The number of para-hydroxylation sites is 2. The highest BCUT2D eigenvalue weighted by atomic mass is 19.1. The van der Waals surface area contributed by atoms with Crippen LogP contribution in [0.15, 0.2) is 48.5 Å². The summed E-state index contributed by atoms with van der Waals surface area (Å²) in [6.45, 7) is 2.66. The van der Waals surface area contributed by atoms with Crippen molar-refractivity contribution < 1.29 is 13.9 Å². The molecule has 138 valence electrons. The Morgan fingerprint density at radius 2 is 1.81 bits per heavy atom. The van der Waals surface area contributed by atoms with E-state index in [0.29, 0.717) is 49.4 Å². The number of anilines is 1. The zero-order chi connectivity index (χ0) is 18.6. The van der Waals surface area contributed by atoms with Crippen LogP contribution in [-0.4, -0.2) is 47.1 Å². The van der Waals surface area contributed by atoms with Gasteiger partial charge in [0.2, 0.25) is 0 Å². The summed E-state index contributed by atoms with van der Waals surface area (Å²) < 4.78 is 19.5. The Labute approximate surface area is 156 Å². The monoisotopic (exact) mass is 366 g/mol. The first-order chi connectivity index (χ1) is 13.2. The van der Waals surface area contributed by atoms with E-state index in [1.54, 1.807) is 29.2 Å². The van der Waals surface area contributed by atoms with Gasteiger partial charge in [-0.3, -0.25) is 4.79 Å². The van der Waals surface area contributed by atoms with Crippen LogP contribution in [0.1, 0.15) is 15.9 Å². The number of morpholine rings is 1. The third-order valence-corrected chi connectivity index (χ3v) is 4.46. The van der Waals surface area contributed by atoms with E-state index in [9.17, 15) is 9.18 Å². The smallest absolute Gasteiger partial charge is 0.256 e. The summed E-state index contributed by atoms with van der Waals surface area (Å²) >= 11 is 0. The molecule has 0 bridgehead atoms. The van der Waals surface area contributed by atoms with Crippen LogP contribution in [0.3, 0.4) is 0 Å². The van der Waals surface area contributed by atoms with Gasteiger partial charge in [-0.2, -0.15) is 4.39 Å². The Morgan fingerprint density at radius 1 is 1.07 bits per heavy atom.